The van der Waals surface area contributed by atoms with Crippen molar-refractivity contribution in [3.05, 3.63) is 70.3 Å². The van der Waals surface area contributed by atoms with E-state index in [0.29, 0.717) is 41.4 Å². The molecule has 1 saturated heterocycles. The molecule has 4 aromatic rings. The van der Waals surface area contributed by atoms with Crippen molar-refractivity contribution < 1.29 is 12.8 Å². The number of aryl methyl sites for hydroxylation is 1. The lowest BCUT2D eigenvalue weighted by Gasteiger charge is -2.43. The van der Waals surface area contributed by atoms with E-state index in [4.69, 9.17) is 23.2 Å². The molecule has 0 atom stereocenters. The summed E-state index contributed by atoms with van der Waals surface area (Å²) >= 11 is 12.4. The third-order valence-electron chi connectivity index (χ3n) is 6.86. The largest absolute Gasteiger partial charge is 0.350 e. The van der Waals surface area contributed by atoms with Crippen LogP contribution in [0, 0.1) is 12.7 Å². The molecule has 2 fully saturated rings. The maximum atomic E-state index is 14.6. The van der Waals surface area contributed by atoms with Crippen molar-refractivity contribution in [1.82, 2.24) is 19.2 Å². The highest BCUT2D eigenvalue weighted by Crippen LogP contribution is 2.49. The lowest BCUT2D eigenvalue weighted by Crippen LogP contribution is -2.56. The van der Waals surface area contributed by atoms with Gasteiger partial charge in [-0.15, -0.1) is 9.19 Å². The van der Waals surface area contributed by atoms with Gasteiger partial charge in [0.15, 0.2) is 17.5 Å². The fourth-order valence-corrected chi connectivity index (χ4v) is 6.51. The fourth-order valence-electron chi connectivity index (χ4n) is 4.86. The normalized spacial score (nSPS) is 17.2. The summed E-state index contributed by atoms with van der Waals surface area (Å²) in [5.41, 5.74) is 0.921. The Balaban J connectivity index is 1.43. The molecule has 1 saturated carbocycles. The number of nitrogens with zero attached hydrogens (tertiary/aromatic N) is 6. The number of halogens is 3. The Morgan fingerprint density at radius 2 is 1.78 bits per heavy atom. The predicted molar refractivity (Wildman–Crippen MR) is 137 cm³/mol. The minimum atomic E-state index is -4.00. The summed E-state index contributed by atoms with van der Waals surface area (Å²) in [6.45, 7) is 3.36. The van der Waals surface area contributed by atoms with Crippen molar-refractivity contribution in [3.63, 3.8) is 0 Å². The summed E-state index contributed by atoms with van der Waals surface area (Å²) in [5.74, 6) is 0.263. The molecule has 3 aromatic heterocycles. The highest BCUT2D eigenvalue weighted by molar-refractivity contribution is 7.90. The summed E-state index contributed by atoms with van der Waals surface area (Å²) in [7, 11) is -4.00. The van der Waals surface area contributed by atoms with E-state index >= 15 is 0 Å². The van der Waals surface area contributed by atoms with Crippen LogP contribution < -0.4 is 9.80 Å². The van der Waals surface area contributed by atoms with Gasteiger partial charge in [-0.05, 0) is 38.0 Å². The molecule has 1 aliphatic carbocycles. The van der Waals surface area contributed by atoms with Crippen molar-refractivity contribution in [2.75, 3.05) is 29.4 Å². The molecular weight excluding hydrogens is 526 g/mol. The molecule has 6 rings (SSSR count). The zero-order chi connectivity index (χ0) is 25.2. The topological polar surface area (TPSA) is 84.2 Å². The average molecular weight is 547 g/mol. The van der Waals surface area contributed by atoms with Gasteiger partial charge in [0.1, 0.15) is 5.52 Å². The standard InChI is InChI=1S/C24H21Cl2FN6O2S/c1-15-2-4-17(5-3-15)36(34,35)33-20-13-28-12-18(26)21(20)23(30-33)32-9-8-31(14-24(32)6-7-24)22-19(27)10-16(25)11-29-22/h2-5,10-13H,6-9,14H2,1H3. The van der Waals surface area contributed by atoms with Crippen LogP contribution in [0.3, 0.4) is 0 Å². The maximum absolute atomic E-state index is 14.6. The van der Waals surface area contributed by atoms with Gasteiger partial charge in [0.2, 0.25) is 0 Å². The van der Waals surface area contributed by atoms with Gasteiger partial charge in [0.05, 0.1) is 32.1 Å². The summed E-state index contributed by atoms with van der Waals surface area (Å²) < 4.78 is 42.8. The second kappa shape index (κ2) is 8.29. The molecule has 12 heteroatoms. The third-order valence-corrected chi connectivity index (χ3v) is 8.96. The van der Waals surface area contributed by atoms with E-state index in [-0.39, 0.29) is 21.3 Å². The molecule has 0 bridgehead atoms. The molecule has 36 heavy (non-hydrogen) atoms. The number of fused-ring (bicyclic) bond motifs is 1. The second-order valence-electron chi connectivity index (χ2n) is 9.26. The molecule has 0 radical (unpaired) electrons. The van der Waals surface area contributed by atoms with Gasteiger partial charge in [-0.3, -0.25) is 4.98 Å². The number of anilines is 2. The fraction of sp³-hybridized carbons (Fsp3) is 0.292. The number of aromatic nitrogens is 4. The number of hydrogen-bond donors (Lipinski definition) is 0. The van der Waals surface area contributed by atoms with Crippen LogP contribution in [0.4, 0.5) is 16.0 Å². The predicted octanol–water partition coefficient (Wildman–Crippen LogP) is 4.68. The molecule has 1 aliphatic heterocycles. The van der Waals surface area contributed by atoms with Gasteiger partial charge in [0, 0.05) is 32.0 Å². The summed E-state index contributed by atoms with van der Waals surface area (Å²) in [4.78, 5) is 12.5. The van der Waals surface area contributed by atoms with Gasteiger partial charge in [0.25, 0.3) is 10.0 Å². The average Bonchev–Trinajstić information content (AvgIpc) is 3.47. The lowest BCUT2D eigenvalue weighted by atomic mass is 10.1. The highest BCUT2D eigenvalue weighted by atomic mass is 35.5. The van der Waals surface area contributed by atoms with Crippen LogP contribution >= 0.6 is 23.2 Å². The van der Waals surface area contributed by atoms with Crippen molar-refractivity contribution >= 4 is 55.8 Å². The number of pyridine rings is 2. The van der Waals surface area contributed by atoms with Crippen molar-refractivity contribution in [1.29, 1.82) is 0 Å². The van der Waals surface area contributed by atoms with Crippen molar-refractivity contribution in [3.8, 4) is 0 Å². The maximum Gasteiger partial charge on any atom is 0.283 e. The molecule has 2 aliphatic rings. The number of rotatable bonds is 4. The van der Waals surface area contributed by atoms with Crippen LogP contribution in [0.2, 0.25) is 10.0 Å². The van der Waals surface area contributed by atoms with Crippen LogP contribution in [0.15, 0.2) is 53.8 Å². The van der Waals surface area contributed by atoms with Gasteiger partial charge < -0.3 is 9.80 Å². The number of piperazine rings is 1. The lowest BCUT2D eigenvalue weighted by molar-refractivity contribution is 0.492. The van der Waals surface area contributed by atoms with E-state index < -0.39 is 15.8 Å². The Labute approximate surface area is 217 Å². The SMILES string of the molecule is Cc1ccc(S(=O)(=O)n2nc(N3CCN(c4ncc(Cl)cc4F)CC34CC4)c3c(Cl)cncc32)cc1. The first-order valence-electron chi connectivity index (χ1n) is 11.4. The molecule has 186 valence electrons. The zero-order valence-corrected chi connectivity index (χ0v) is 21.5. The van der Waals surface area contributed by atoms with E-state index in [1.165, 1.54) is 24.7 Å². The summed E-state index contributed by atoms with van der Waals surface area (Å²) in [5, 5.41) is 5.70. The Morgan fingerprint density at radius 1 is 1.03 bits per heavy atom. The number of hydrogen-bond acceptors (Lipinski definition) is 7. The highest BCUT2D eigenvalue weighted by Gasteiger charge is 2.53. The smallest absolute Gasteiger partial charge is 0.283 e. The Hall–Kier alpha value is -2.95. The summed E-state index contributed by atoms with van der Waals surface area (Å²) in [6.07, 6.45) is 6.08. The van der Waals surface area contributed by atoms with Gasteiger partial charge in [-0.2, -0.15) is 8.42 Å². The minimum Gasteiger partial charge on any atom is -0.350 e. The monoisotopic (exact) mass is 546 g/mol. The van der Waals surface area contributed by atoms with Crippen LogP contribution in [-0.2, 0) is 10.0 Å². The van der Waals surface area contributed by atoms with Crippen LogP contribution in [-0.4, -0.2) is 52.7 Å². The molecule has 0 N–H and O–H groups in total. The van der Waals surface area contributed by atoms with E-state index in [1.54, 1.807) is 24.3 Å². The van der Waals surface area contributed by atoms with Crippen molar-refractivity contribution in [2.45, 2.75) is 30.2 Å². The Morgan fingerprint density at radius 3 is 2.47 bits per heavy atom. The van der Waals surface area contributed by atoms with Gasteiger partial charge >= 0.3 is 0 Å². The molecular formula is C24H21Cl2FN6O2S. The zero-order valence-electron chi connectivity index (χ0n) is 19.2. The van der Waals surface area contributed by atoms with E-state index in [2.05, 4.69) is 20.0 Å². The van der Waals surface area contributed by atoms with E-state index in [1.807, 2.05) is 11.8 Å². The van der Waals surface area contributed by atoms with Gasteiger partial charge in [-0.25, -0.2) is 9.37 Å². The second-order valence-corrected chi connectivity index (χ2v) is 11.9. The van der Waals surface area contributed by atoms with Crippen LogP contribution in [0.1, 0.15) is 18.4 Å². The van der Waals surface area contributed by atoms with Gasteiger partial charge in [-0.1, -0.05) is 40.9 Å². The molecule has 0 amide bonds. The quantitative estimate of drug-likeness (QED) is 0.367. The first kappa shape index (κ1) is 23.4. The molecule has 0 unspecified atom stereocenters. The molecule has 1 spiro atoms. The van der Waals surface area contributed by atoms with Crippen LogP contribution in [0.25, 0.3) is 10.9 Å². The molecule has 8 nitrogen and oxygen atoms in total. The first-order valence-corrected chi connectivity index (χ1v) is 13.6. The Kier molecular flexibility index (Phi) is 5.40. The van der Waals surface area contributed by atoms with Crippen LogP contribution in [0.5, 0.6) is 0 Å². The first-order chi connectivity index (χ1) is 17.2. The van der Waals surface area contributed by atoms with E-state index in [9.17, 15) is 12.8 Å². The summed E-state index contributed by atoms with van der Waals surface area (Å²) in [6, 6.07) is 7.86. The number of benzene rings is 1. The third kappa shape index (κ3) is 3.70. The van der Waals surface area contributed by atoms with E-state index in [0.717, 1.165) is 22.5 Å². The minimum absolute atomic E-state index is 0.124. The molecule has 1 aromatic carbocycles. The molecule has 4 heterocycles. The van der Waals surface area contributed by atoms with Crippen molar-refractivity contribution in [2.24, 2.45) is 0 Å². The Bertz CT molecular complexity index is 1610.